The lowest BCUT2D eigenvalue weighted by Gasteiger charge is -2.26. The average Bonchev–Trinajstić information content (AvgIpc) is 3.49. The van der Waals surface area contributed by atoms with E-state index in [4.69, 9.17) is 10.8 Å². The Balaban J connectivity index is 0.000000217. The molecule has 10 heteroatoms. The molecule has 3 N–H and O–H groups in total. The summed E-state index contributed by atoms with van der Waals surface area (Å²) < 4.78 is 29.2. The molecule has 0 radical (unpaired) electrons. The number of aliphatic hydroxyl groups excluding tert-OH is 1. The number of β-amino-alcohol motifs (C(OH)–C–C–N with tert-alkyl or cyclic N) is 1. The number of nitrogens with zero attached hydrogens (tertiary/aromatic N) is 5. The number of nitrogens with two attached hydrogens (primary N) is 1. The minimum atomic E-state index is -0.438. The first-order valence-electron chi connectivity index (χ1n) is 10.2. The van der Waals surface area contributed by atoms with Gasteiger partial charge in [-0.3, -0.25) is 0 Å². The second-order valence-electron chi connectivity index (χ2n) is 7.66. The number of primary amides is 1. The Labute approximate surface area is 177 Å². The van der Waals surface area contributed by atoms with Crippen molar-refractivity contribution in [3.05, 3.63) is 59.9 Å². The third kappa shape index (κ3) is 4.58. The van der Waals surface area contributed by atoms with E-state index >= 15 is 0 Å². The van der Waals surface area contributed by atoms with Gasteiger partial charge in [-0.1, -0.05) is 0 Å². The van der Waals surface area contributed by atoms with Crippen molar-refractivity contribution in [2.45, 2.75) is 31.4 Å². The van der Waals surface area contributed by atoms with Crippen molar-refractivity contribution in [3.8, 4) is 0 Å². The summed E-state index contributed by atoms with van der Waals surface area (Å²) in [5.74, 6) is -0.0228. The van der Waals surface area contributed by atoms with Gasteiger partial charge in [0.1, 0.15) is 17.5 Å². The molecule has 2 aliphatic heterocycles. The Morgan fingerprint density at radius 2 is 2.00 bits per heavy atom. The highest BCUT2D eigenvalue weighted by Crippen LogP contribution is 2.36. The maximum Gasteiger partial charge on any atom is 0.314 e. The fraction of sp³-hybridized carbons (Fsp3) is 0.381. The van der Waals surface area contributed by atoms with E-state index in [2.05, 4.69) is 10.1 Å². The van der Waals surface area contributed by atoms with Crippen molar-refractivity contribution >= 4 is 17.5 Å². The Morgan fingerprint density at radius 3 is 2.71 bits per heavy atom. The van der Waals surface area contributed by atoms with E-state index in [1.807, 2.05) is 23.2 Å². The fourth-order valence-electron chi connectivity index (χ4n) is 4.04. The quantitative estimate of drug-likeness (QED) is 0.651. The molecular formula is C21H24F2N6O2. The van der Waals surface area contributed by atoms with E-state index in [1.54, 1.807) is 10.7 Å². The molecule has 2 aromatic heterocycles. The number of rotatable bonds is 2. The van der Waals surface area contributed by atoms with Crippen LogP contribution in [0.1, 0.15) is 30.9 Å². The molecule has 2 fully saturated rings. The van der Waals surface area contributed by atoms with Gasteiger partial charge < -0.3 is 20.6 Å². The summed E-state index contributed by atoms with van der Waals surface area (Å²) >= 11 is 0. The fourth-order valence-corrected chi connectivity index (χ4v) is 4.04. The molecule has 8 nitrogen and oxygen atoms in total. The van der Waals surface area contributed by atoms with Gasteiger partial charge in [0.05, 0.1) is 18.3 Å². The lowest BCUT2D eigenvalue weighted by atomic mass is 10.0. The van der Waals surface area contributed by atoms with Crippen molar-refractivity contribution in [3.63, 3.8) is 0 Å². The van der Waals surface area contributed by atoms with Gasteiger partial charge in [0, 0.05) is 37.5 Å². The first-order chi connectivity index (χ1) is 14.9. The molecule has 0 spiro atoms. The number of hydrogen-bond acceptors (Lipinski definition) is 5. The summed E-state index contributed by atoms with van der Waals surface area (Å²) in [6.45, 7) is 1.77. The van der Waals surface area contributed by atoms with Crippen LogP contribution in [0.25, 0.3) is 5.65 Å². The highest BCUT2D eigenvalue weighted by Gasteiger charge is 2.29. The predicted molar refractivity (Wildman–Crippen MR) is 110 cm³/mol. The molecule has 31 heavy (non-hydrogen) atoms. The maximum absolute atomic E-state index is 14.1. The Bertz CT molecular complexity index is 1070. The molecule has 3 aromatic rings. The number of carbonyl (C=O) groups excluding carboxylic acids is 1. The number of aromatic nitrogens is 3. The van der Waals surface area contributed by atoms with Gasteiger partial charge in [0.2, 0.25) is 0 Å². The molecule has 0 bridgehead atoms. The Kier molecular flexibility index (Phi) is 5.99. The third-order valence-corrected chi connectivity index (χ3v) is 5.58. The third-order valence-electron chi connectivity index (χ3n) is 5.58. The summed E-state index contributed by atoms with van der Waals surface area (Å²) in [4.78, 5) is 18.4. The van der Waals surface area contributed by atoms with E-state index in [-0.39, 0.29) is 18.0 Å². The first kappa shape index (κ1) is 21.0. The van der Waals surface area contributed by atoms with Crippen molar-refractivity contribution in [2.75, 3.05) is 24.5 Å². The Hall–Kier alpha value is -3.27. The van der Waals surface area contributed by atoms with Crippen molar-refractivity contribution in [1.29, 1.82) is 0 Å². The number of hydrogen-bond donors (Lipinski definition) is 2. The molecule has 4 heterocycles. The normalized spacial score (nSPS) is 20.7. The number of benzene rings is 1. The molecule has 2 amide bonds. The minimum absolute atomic E-state index is 0.187. The smallest absolute Gasteiger partial charge is 0.314 e. The van der Waals surface area contributed by atoms with E-state index in [1.165, 1.54) is 17.0 Å². The zero-order chi connectivity index (χ0) is 22.0. The van der Waals surface area contributed by atoms with Gasteiger partial charge >= 0.3 is 6.03 Å². The first-order valence-corrected chi connectivity index (χ1v) is 10.2. The van der Waals surface area contributed by atoms with E-state index in [0.29, 0.717) is 25.1 Å². The van der Waals surface area contributed by atoms with Gasteiger partial charge in [-0.05, 0) is 43.5 Å². The zero-order valence-electron chi connectivity index (χ0n) is 16.9. The van der Waals surface area contributed by atoms with Gasteiger partial charge in [-0.25, -0.2) is 23.1 Å². The number of fused-ring (bicyclic) bond motifs is 1. The van der Waals surface area contributed by atoms with E-state index < -0.39 is 11.8 Å². The molecule has 1 aromatic carbocycles. The van der Waals surface area contributed by atoms with Crippen LogP contribution >= 0.6 is 0 Å². The highest BCUT2D eigenvalue weighted by molar-refractivity contribution is 5.72. The second-order valence-corrected chi connectivity index (χ2v) is 7.66. The largest absolute Gasteiger partial charge is 0.391 e. The van der Waals surface area contributed by atoms with Crippen molar-refractivity contribution in [2.24, 2.45) is 5.73 Å². The number of amides is 2. The molecule has 164 valence electrons. The summed E-state index contributed by atoms with van der Waals surface area (Å²) in [5, 5.41) is 13.0. The number of halogens is 2. The maximum atomic E-state index is 14.1. The zero-order valence-corrected chi connectivity index (χ0v) is 16.9. The monoisotopic (exact) mass is 430 g/mol. The van der Waals surface area contributed by atoms with Crippen LogP contribution in [-0.4, -0.2) is 56.4 Å². The SMILES string of the molecule is Fc1ccc(F)c([C@H]2CCCN2c2ccn3nccc3n2)c1.NC(=O)N1CCC(O)C1. The summed E-state index contributed by atoms with van der Waals surface area (Å²) in [5.41, 5.74) is 6.07. The summed E-state index contributed by atoms with van der Waals surface area (Å²) in [6, 6.07) is 6.67. The lowest BCUT2D eigenvalue weighted by molar-refractivity contribution is 0.175. The number of urea groups is 1. The molecular weight excluding hydrogens is 406 g/mol. The molecule has 2 saturated heterocycles. The van der Waals surface area contributed by atoms with Crippen LogP contribution in [0.4, 0.5) is 19.4 Å². The number of anilines is 1. The van der Waals surface area contributed by atoms with Crippen LogP contribution in [0, 0.1) is 11.6 Å². The average molecular weight is 430 g/mol. The predicted octanol–water partition coefficient (Wildman–Crippen LogP) is 2.48. The molecule has 0 saturated carbocycles. The van der Waals surface area contributed by atoms with Gasteiger partial charge in [0.15, 0.2) is 5.65 Å². The number of carbonyl (C=O) groups is 1. The molecule has 1 unspecified atom stereocenters. The van der Waals surface area contributed by atoms with Crippen molar-refractivity contribution < 1.29 is 18.7 Å². The second kappa shape index (κ2) is 8.84. The minimum Gasteiger partial charge on any atom is -0.391 e. The Morgan fingerprint density at radius 1 is 1.16 bits per heavy atom. The van der Waals surface area contributed by atoms with Gasteiger partial charge in [0.25, 0.3) is 0 Å². The number of likely N-dealkylation sites (tertiary alicyclic amines) is 1. The topological polar surface area (TPSA) is 100.0 Å². The van der Waals surface area contributed by atoms with Crippen LogP contribution in [0.15, 0.2) is 42.7 Å². The van der Waals surface area contributed by atoms with Crippen molar-refractivity contribution in [1.82, 2.24) is 19.5 Å². The van der Waals surface area contributed by atoms with Gasteiger partial charge in [-0.2, -0.15) is 5.10 Å². The summed E-state index contributed by atoms with van der Waals surface area (Å²) in [6.07, 6.45) is 5.51. The molecule has 0 aliphatic carbocycles. The van der Waals surface area contributed by atoms with Crippen LogP contribution in [0.3, 0.4) is 0 Å². The van der Waals surface area contributed by atoms with E-state index in [0.717, 1.165) is 36.9 Å². The standard InChI is InChI=1S/C16H14F2N4.C5H10N2O2/c17-11-3-4-13(18)12(10-11)14-2-1-8-21(14)15-6-9-22-16(20-15)5-7-19-22;6-5(9)7-2-1-4(8)3-7/h3-7,9-10,14H,1-2,8H2;4,8H,1-3H2,(H2,6,9)/t14-;/m1./s1. The molecule has 5 rings (SSSR count). The summed E-state index contributed by atoms with van der Waals surface area (Å²) in [7, 11) is 0. The van der Waals surface area contributed by atoms with Crippen LogP contribution in [0.2, 0.25) is 0 Å². The van der Waals surface area contributed by atoms with Crippen LogP contribution in [-0.2, 0) is 0 Å². The molecule has 2 atom stereocenters. The van der Waals surface area contributed by atoms with Gasteiger partial charge in [-0.15, -0.1) is 0 Å². The van der Waals surface area contributed by atoms with E-state index in [9.17, 15) is 13.6 Å². The molecule has 2 aliphatic rings. The number of aliphatic hydroxyl groups is 1. The lowest BCUT2D eigenvalue weighted by Crippen LogP contribution is -2.34. The van der Waals surface area contributed by atoms with Crippen LogP contribution < -0.4 is 10.6 Å². The highest BCUT2D eigenvalue weighted by atomic mass is 19.1. The van der Waals surface area contributed by atoms with Crippen LogP contribution in [0.5, 0.6) is 0 Å².